The van der Waals surface area contributed by atoms with Crippen LogP contribution in [0.4, 0.5) is 0 Å². The first kappa shape index (κ1) is 58.7. The molecule has 6 saturated heterocycles. The van der Waals surface area contributed by atoms with Crippen molar-refractivity contribution in [2.24, 2.45) is 0 Å². The van der Waals surface area contributed by atoms with Gasteiger partial charge >= 0.3 is 17.9 Å². The summed E-state index contributed by atoms with van der Waals surface area (Å²) in [5.41, 5.74) is 0. The molecule has 10 bridgehead atoms. The minimum Gasteiger partial charge on any atom is -0.477 e. The summed E-state index contributed by atoms with van der Waals surface area (Å²) >= 11 is 0. The molecule has 0 aliphatic carbocycles. The van der Waals surface area contributed by atoms with Crippen LogP contribution in [0.2, 0.25) is 0 Å². The third kappa shape index (κ3) is 13.0. The molecule has 6 aliphatic heterocycles. The zero-order valence-electron chi connectivity index (χ0n) is 39.4. The summed E-state index contributed by atoms with van der Waals surface area (Å²) in [5, 5.41) is 149. The molecule has 6 aliphatic rings. The molecule has 0 aromatic heterocycles. The lowest BCUT2D eigenvalue weighted by molar-refractivity contribution is -0.383. The molecule has 0 unspecified atom stereocenters. The monoisotopic (exact) mass is 1060 g/mol. The van der Waals surface area contributed by atoms with Gasteiger partial charge in [-0.05, 0) is 0 Å². The van der Waals surface area contributed by atoms with E-state index in [4.69, 9.17) is 56.8 Å². The van der Waals surface area contributed by atoms with Crippen LogP contribution in [0.3, 0.4) is 0 Å². The molecule has 32 heteroatoms. The lowest BCUT2D eigenvalue weighted by Crippen LogP contribution is -2.72. The maximum absolute atomic E-state index is 13.7. The minimum atomic E-state index is -3.17. The Kier molecular flexibility index (Phi) is 19.8. The summed E-state index contributed by atoms with van der Waals surface area (Å²) in [5.74, 6) is -9.12. The van der Waals surface area contributed by atoms with Gasteiger partial charge in [-0.2, -0.15) is 0 Å². The van der Waals surface area contributed by atoms with Crippen LogP contribution in [-0.2, 0) is 80.8 Å². The molecule has 32 nitrogen and oxygen atoms in total. The molecule has 0 aromatic rings. The number of ether oxygens (including phenoxy) is 12. The van der Waals surface area contributed by atoms with Crippen molar-refractivity contribution in [3.63, 3.8) is 0 Å². The van der Waals surface area contributed by atoms with E-state index in [1.165, 1.54) is 0 Å². The summed E-state index contributed by atoms with van der Waals surface area (Å²) in [6.45, 7) is -1.32. The molecule has 418 valence electrons. The Hall–Kier alpha value is -3.53. The van der Waals surface area contributed by atoms with Gasteiger partial charge in [0.05, 0.1) is 38.6 Å². The van der Waals surface area contributed by atoms with Crippen molar-refractivity contribution in [1.29, 1.82) is 0 Å². The summed E-state index contributed by atoms with van der Waals surface area (Å²) in [6.07, 6.45) is -48.0. The van der Waals surface area contributed by atoms with E-state index < -0.39 is 228 Å². The van der Waals surface area contributed by atoms with Gasteiger partial charge in [0.25, 0.3) is 5.79 Å². The highest BCUT2D eigenvalue weighted by molar-refractivity contribution is 5.77. The Balaban J connectivity index is 1.52. The summed E-state index contributed by atoms with van der Waals surface area (Å²) in [4.78, 5) is 64.2. The van der Waals surface area contributed by atoms with E-state index in [1.54, 1.807) is 0 Å². The van der Waals surface area contributed by atoms with Crippen LogP contribution < -0.4 is 10.6 Å². The smallest absolute Gasteiger partial charge is 0.364 e. The highest BCUT2D eigenvalue weighted by Gasteiger charge is 2.61. The van der Waals surface area contributed by atoms with Crippen LogP contribution >= 0.6 is 0 Å². The minimum absolute atomic E-state index is 0.865. The molecule has 73 heavy (non-hydrogen) atoms. The average molecular weight is 1060 g/mol. The van der Waals surface area contributed by atoms with E-state index in [0.717, 1.165) is 27.7 Å². The van der Waals surface area contributed by atoms with Crippen LogP contribution in [0.1, 0.15) is 34.1 Å². The van der Waals surface area contributed by atoms with E-state index in [2.05, 4.69) is 10.6 Å². The first-order chi connectivity index (χ1) is 34.3. The Labute approximate surface area is 413 Å². The largest absolute Gasteiger partial charge is 0.477 e. The van der Waals surface area contributed by atoms with Gasteiger partial charge in [-0.25, -0.2) is 4.79 Å². The van der Waals surface area contributed by atoms with Crippen molar-refractivity contribution in [3.8, 4) is 0 Å². The number of aliphatic hydroxyl groups is 12. The Morgan fingerprint density at radius 2 is 1.08 bits per heavy atom. The zero-order valence-corrected chi connectivity index (χ0v) is 39.4. The first-order valence-corrected chi connectivity index (χ1v) is 22.9. The Morgan fingerprint density at radius 1 is 0.575 bits per heavy atom. The number of hydrogen-bond acceptors (Lipinski definition) is 29. The second-order valence-electron chi connectivity index (χ2n) is 18.2. The van der Waals surface area contributed by atoms with Crippen molar-refractivity contribution in [2.75, 3.05) is 33.0 Å². The number of esters is 2. The number of carbonyl (C=O) groups is 5. The highest BCUT2D eigenvalue weighted by atomic mass is 16.8. The van der Waals surface area contributed by atoms with E-state index >= 15 is 0 Å². The number of rotatable bonds is 10. The van der Waals surface area contributed by atoms with Crippen LogP contribution in [0, 0.1) is 0 Å². The fourth-order valence-corrected chi connectivity index (χ4v) is 9.21. The maximum Gasteiger partial charge on any atom is 0.364 e. The highest BCUT2D eigenvalue weighted by Crippen LogP contribution is 2.40. The maximum atomic E-state index is 13.7. The van der Waals surface area contributed by atoms with Crippen molar-refractivity contribution in [2.45, 2.75) is 193 Å². The second-order valence-corrected chi connectivity index (χ2v) is 18.2. The predicted octanol–water partition coefficient (Wildman–Crippen LogP) is -10.2. The molecule has 15 N–H and O–H groups in total. The van der Waals surface area contributed by atoms with E-state index in [-0.39, 0.29) is 0 Å². The molecule has 0 saturated carbocycles. The number of aliphatic carboxylic acids is 1. The van der Waals surface area contributed by atoms with E-state index in [9.17, 15) is 90.4 Å². The van der Waals surface area contributed by atoms with Gasteiger partial charge in [-0.1, -0.05) is 0 Å². The number of carboxylic acids is 1. The topological polar surface area (TPSA) is 483 Å². The zero-order chi connectivity index (χ0) is 54.0. The number of fused-ring (bicyclic) bond motifs is 10. The molecule has 6 fully saturated rings. The van der Waals surface area contributed by atoms with Crippen molar-refractivity contribution in [3.05, 3.63) is 0 Å². The fourth-order valence-electron chi connectivity index (χ4n) is 9.21. The molecule has 0 aromatic carbocycles. The number of aliphatic hydroxyl groups excluding tert-OH is 12. The summed E-state index contributed by atoms with van der Waals surface area (Å²) in [6, 6.07) is -3.68. The summed E-state index contributed by atoms with van der Waals surface area (Å²) in [7, 11) is 0. The van der Waals surface area contributed by atoms with Crippen molar-refractivity contribution >= 4 is 29.7 Å². The second kappa shape index (κ2) is 24.6. The number of carbonyl (C=O) groups excluding carboxylic acids is 4. The average Bonchev–Trinajstić information content (AvgIpc) is 3.32. The van der Waals surface area contributed by atoms with Gasteiger partial charge in [0.2, 0.25) is 11.8 Å². The first-order valence-electron chi connectivity index (χ1n) is 22.9. The molecular weight excluding hydrogens is 1000 g/mol. The van der Waals surface area contributed by atoms with Crippen molar-refractivity contribution in [1.82, 2.24) is 10.6 Å². The Bertz CT molecular complexity index is 1910. The van der Waals surface area contributed by atoms with E-state index in [0.29, 0.717) is 0 Å². The number of hydrogen-bond donors (Lipinski definition) is 15. The molecule has 0 spiro atoms. The van der Waals surface area contributed by atoms with Crippen LogP contribution in [0.25, 0.3) is 0 Å². The predicted molar refractivity (Wildman–Crippen MR) is 223 cm³/mol. The Morgan fingerprint density at radius 3 is 1.64 bits per heavy atom. The third-order valence-electron chi connectivity index (χ3n) is 12.9. The number of carboxylic acid groups (broad SMARTS) is 1. The summed E-state index contributed by atoms with van der Waals surface area (Å²) < 4.78 is 69.1. The van der Waals surface area contributed by atoms with Crippen molar-refractivity contribution < 1.29 is 147 Å². The third-order valence-corrected chi connectivity index (χ3v) is 12.9. The van der Waals surface area contributed by atoms with Gasteiger partial charge in [-0.15, -0.1) is 0 Å². The standard InChI is InChI=1S/C41H64N2O30/c1-11(46)42-21-16-5-41(40(60)61,73-34(21)32(65-14(4)49)15(50)8-62-13(3)48)64-10-20-24(52)27(55)29(57)37(69-20)63-9-19-23(51)28(56)30(58)38(70-19)72-35-26(54)18(7-45)68-39(31(35)59)71-33-22(43-12(2)47)36(66-16)67-17(6-44)25(33)53/h15-39,44-45,50-59H,5-10H2,1-4H3,(H,42,46)(H,43,47)(H,60,61)/t15-,16+,17-,18-,19-,20-,21-,22-,23-,24+,25+,26+,27+,28+,29-,30-,31-,32-,33-,34-,35+,36-,37-,38+,39+,41-/m1/s1. The van der Waals surface area contributed by atoms with Crippen LogP contribution in [-0.4, -0.2) is 288 Å². The number of nitrogens with one attached hydrogen (secondary N) is 2. The lowest BCUT2D eigenvalue weighted by Gasteiger charge is -2.52. The SMILES string of the molecule is CC(=O)N[C@H]1[C@@H]2O[C@H]3C[C@@](C(=O)O)(OC[C@H]4O[C@@H](OC[C@H]5O[C@@H](O[C@H]6[C@@H](O)[C@@H](CO)O[C@@H](O[C@H]1[C@@H](O)[C@@H](CO)O2)[C@@H]6O)[C@H](O)[C@@H](O)[C@@H]5O)[C@H](O)[C@@H](O)[C@H]4O)O[C@@H]([C@H](OC(C)=O)[C@H](O)COC(C)=O)[C@@H]3NC(C)=O. The van der Waals surface area contributed by atoms with Gasteiger partial charge in [0, 0.05) is 34.1 Å². The van der Waals surface area contributed by atoms with Gasteiger partial charge in [0.1, 0.15) is 116 Å². The molecule has 0 radical (unpaired) electrons. The van der Waals surface area contributed by atoms with Gasteiger partial charge < -0.3 is 134 Å². The molecular formula is C41H64N2O30. The molecule has 2 amide bonds. The fraction of sp³-hybridized carbons (Fsp3) is 0.878. The van der Waals surface area contributed by atoms with Crippen LogP contribution in [0.5, 0.6) is 0 Å². The van der Waals surface area contributed by atoms with Crippen LogP contribution in [0.15, 0.2) is 0 Å². The quantitative estimate of drug-likeness (QED) is 0.0904. The molecule has 6 heterocycles. The lowest BCUT2D eigenvalue weighted by atomic mass is 9.87. The molecule has 6 rings (SSSR count). The molecule has 26 atom stereocenters. The van der Waals surface area contributed by atoms with Gasteiger partial charge in [-0.3, -0.25) is 19.2 Å². The normalized spacial score (nSPS) is 45.4. The van der Waals surface area contributed by atoms with Gasteiger partial charge in [0.15, 0.2) is 31.3 Å². The van der Waals surface area contributed by atoms with E-state index in [1.807, 2.05) is 0 Å². The number of amides is 2.